The van der Waals surface area contributed by atoms with Gasteiger partial charge in [-0.1, -0.05) is 17.7 Å². The van der Waals surface area contributed by atoms with Gasteiger partial charge in [-0.25, -0.2) is 9.50 Å². The SMILES string of the molecule is Cc1ccc(C)c(-c2csc3nc(CN)nn23)c1. The molecule has 2 N–H and O–H groups in total. The molecular formula is C13H14N4S. The first-order chi connectivity index (χ1) is 8.69. The Labute approximate surface area is 109 Å². The lowest BCUT2D eigenvalue weighted by atomic mass is 10.0. The molecule has 5 heteroatoms. The first kappa shape index (κ1) is 11.4. The van der Waals surface area contributed by atoms with Crippen molar-refractivity contribution in [1.82, 2.24) is 14.6 Å². The molecule has 0 saturated heterocycles. The highest BCUT2D eigenvalue weighted by atomic mass is 32.1. The van der Waals surface area contributed by atoms with Gasteiger partial charge in [0.15, 0.2) is 5.82 Å². The molecule has 92 valence electrons. The summed E-state index contributed by atoms with van der Waals surface area (Å²) < 4.78 is 1.88. The third-order valence-electron chi connectivity index (χ3n) is 2.98. The molecule has 3 rings (SSSR count). The lowest BCUT2D eigenvalue weighted by molar-refractivity contribution is 0.876. The fourth-order valence-corrected chi connectivity index (χ4v) is 2.85. The molecule has 0 atom stereocenters. The molecule has 0 saturated carbocycles. The summed E-state index contributed by atoms with van der Waals surface area (Å²) in [6.45, 7) is 4.58. The van der Waals surface area contributed by atoms with Gasteiger partial charge in [0.2, 0.25) is 4.96 Å². The van der Waals surface area contributed by atoms with Crippen LogP contribution in [0.3, 0.4) is 0 Å². The molecule has 0 amide bonds. The van der Waals surface area contributed by atoms with E-state index in [1.165, 1.54) is 16.7 Å². The van der Waals surface area contributed by atoms with Crippen molar-refractivity contribution in [2.75, 3.05) is 0 Å². The number of nitrogens with zero attached hydrogens (tertiary/aromatic N) is 3. The third kappa shape index (κ3) is 1.72. The summed E-state index contributed by atoms with van der Waals surface area (Å²) in [4.78, 5) is 5.27. The van der Waals surface area contributed by atoms with E-state index in [0.29, 0.717) is 12.4 Å². The van der Waals surface area contributed by atoms with E-state index in [1.54, 1.807) is 11.3 Å². The van der Waals surface area contributed by atoms with Crippen molar-refractivity contribution in [2.45, 2.75) is 20.4 Å². The lowest BCUT2D eigenvalue weighted by Gasteiger charge is -2.05. The Hall–Kier alpha value is -1.72. The second kappa shape index (κ2) is 4.19. The molecule has 0 radical (unpaired) electrons. The van der Waals surface area contributed by atoms with Crippen molar-refractivity contribution < 1.29 is 0 Å². The van der Waals surface area contributed by atoms with Crippen molar-refractivity contribution in [3.05, 3.63) is 40.5 Å². The predicted octanol–water partition coefficient (Wildman–Crippen LogP) is 2.53. The number of hydrogen-bond donors (Lipinski definition) is 1. The second-order valence-corrected chi connectivity index (χ2v) is 5.20. The van der Waals surface area contributed by atoms with Crippen LogP contribution in [0.1, 0.15) is 17.0 Å². The Balaban J connectivity index is 2.24. The number of fused-ring (bicyclic) bond motifs is 1. The number of hydrogen-bond acceptors (Lipinski definition) is 4. The normalized spacial score (nSPS) is 11.3. The molecule has 0 aliphatic carbocycles. The van der Waals surface area contributed by atoms with E-state index in [-0.39, 0.29) is 0 Å². The fraction of sp³-hybridized carbons (Fsp3) is 0.231. The van der Waals surface area contributed by atoms with Gasteiger partial charge >= 0.3 is 0 Å². The van der Waals surface area contributed by atoms with Crippen LogP contribution in [-0.4, -0.2) is 14.6 Å². The first-order valence-corrected chi connectivity index (χ1v) is 6.68. The van der Waals surface area contributed by atoms with Gasteiger partial charge in [0.1, 0.15) is 0 Å². The van der Waals surface area contributed by atoms with Crippen LogP contribution in [0.5, 0.6) is 0 Å². The number of benzene rings is 1. The number of nitrogens with two attached hydrogens (primary N) is 1. The van der Waals surface area contributed by atoms with Gasteiger partial charge in [0.25, 0.3) is 0 Å². The van der Waals surface area contributed by atoms with Gasteiger partial charge in [0.05, 0.1) is 12.2 Å². The maximum absolute atomic E-state index is 5.58. The van der Waals surface area contributed by atoms with E-state index in [9.17, 15) is 0 Å². The Kier molecular flexibility index (Phi) is 2.65. The average molecular weight is 258 g/mol. The topological polar surface area (TPSA) is 56.2 Å². The molecule has 0 spiro atoms. The highest BCUT2D eigenvalue weighted by molar-refractivity contribution is 7.15. The quantitative estimate of drug-likeness (QED) is 0.768. The summed E-state index contributed by atoms with van der Waals surface area (Å²) >= 11 is 1.59. The van der Waals surface area contributed by atoms with Crippen LogP contribution in [-0.2, 0) is 6.54 Å². The minimum absolute atomic E-state index is 0.376. The van der Waals surface area contributed by atoms with Gasteiger partial charge < -0.3 is 5.73 Å². The number of aryl methyl sites for hydroxylation is 2. The molecule has 4 nitrogen and oxygen atoms in total. The Morgan fingerprint density at radius 2 is 2.17 bits per heavy atom. The van der Waals surface area contributed by atoms with Crippen LogP contribution in [0.25, 0.3) is 16.2 Å². The summed E-state index contributed by atoms with van der Waals surface area (Å²) in [5, 5.41) is 6.52. The van der Waals surface area contributed by atoms with Crippen molar-refractivity contribution in [2.24, 2.45) is 5.73 Å². The van der Waals surface area contributed by atoms with Crippen molar-refractivity contribution in [3.8, 4) is 11.3 Å². The lowest BCUT2D eigenvalue weighted by Crippen LogP contribution is -1.99. The van der Waals surface area contributed by atoms with Crippen LogP contribution in [0.2, 0.25) is 0 Å². The predicted molar refractivity (Wildman–Crippen MR) is 73.7 cm³/mol. The molecule has 0 fully saturated rings. The summed E-state index contributed by atoms with van der Waals surface area (Å²) in [6, 6.07) is 6.44. The molecular weight excluding hydrogens is 244 g/mol. The average Bonchev–Trinajstić information content (AvgIpc) is 2.91. The molecule has 2 heterocycles. The van der Waals surface area contributed by atoms with Gasteiger partial charge in [-0.05, 0) is 25.5 Å². The van der Waals surface area contributed by atoms with Gasteiger partial charge in [0, 0.05) is 10.9 Å². The molecule has 3 aromatic rings. The molecule has 18 heavy (non-hydrogen) atoms. The smallest absolute Gasteiger partial charge is 0.212 e. The van der Waals surface area contributed by atoms with E-state index in [4.69, 9.17) is 5.73 Å². The molecule has 0 aliphatic heterocycles. The van der Waals surface area contributed by atoms with Gasteiger partial charge in [-0.15, -0.1) is 16.4 Å². The van der Waals surface area contributed by atoms with Gasteiger partial charge in [-0.3, -0.25) is 0 Å². The zero-order chi connectivity index (χ0) is 12.7. The molecule has 1 aromatic carbocycles. The van der Waals surface area contributed by atoms with Crippen molar-refractivity contribution >= 4 is 16.3 Å². The zero-order valence-corrected chi connectivity index (χ0v) is 11.2. The molecule has 0 aliphatic rings. The van der Waals surface area contributed by atoms with E-state index in [1.807, 2.05) is 4.52 Å². The van der Waals surface area contributed by atoms with Gasteiger partial charge in [-0.2, -0.15) is 0 Å². The van der Waals surface area contributed by atoms with Crippen molar-refractivity contribution in [3.63, 3.8) is 0 Å². The van der Waals surface area contributed by atoms with E-state index < -0.39 is 0 Å². The van der Waals surface area contributed by atoms with Crippen molar-refractivity contribution in [1.29, 1.82) is 0 Å². The Bertz CT molecular complexity index is 711. The fourth-order valence-electron chi connectivity index (χ4n) is 2.01. The Morgan fingerprint density at radius 1 is 1.33 bits per heavy atom. The van der Waals surface area contributed by atoms with Crippen LogP contribution in [0, 0.1) is 13.8 Å². The third-order valence-corrected chi connectivity index (χ3v) is 3.79. The highest BCUT2D eigenvalue weighted by Crippen LogP contribution is 2.28. The maximum Gasteiger partial charge on any atom is 0.212 e. The number of rotatable bonds is 2. The summed E-state index contributed by atoms with van der Waals surface area (Å²) in [7, 11) is 0. The summed E-state index contributed by atoms with van der Waals surface area (Å²) in [5.41, 5.74) is 10.4. The highest BCUT2D eigenvalue weighted by Gasteiger charge is 2.12. The van der Waals surface area contributed by atoms with E-state index >= 15 is 0 Å². The second-order valence-electron chi connectivity index (χ2n) is 4.37. The number of thiazole rings is 1. The maximum atomic E-state index is 5.58. The standard InChI is InChI=1S/C13H14N4S/c1-8-3-4-9(2)10(5-8)11-7-18-13-15-12(6-14)16-17(11)13/h3-5,7H,6,14H2,1-2H3. The summed E-state index contributed by atoms with van der Waals surface area (Å²) in [5.74, 6) is 0.688. The zero-order valence-electron chi connectivity index (χ0n) is 10.3. The largest absolute Gasteiger partial charge is 0.324 e. The molecule has 0 bridgehead atoms. The Morgan fingerprint density at radius 3 is 2.94 bits per heavy atom. The number of aromatic nitrogens is 3. The monoisotopic (exact) mass is 258 g/mol. The first-order valence-electron chi connectivity index (χ1n) is 5.80. The van der Waals surface area contributed by atoms with Crippen LogP contribution in [0.4, 0.5) is 0 Å². The molecule has 2 aromatic heterocycles. The van der Waals surface area contributed by atoms with E-state index in [2.05, 4.69) is 47.5 Å². The minimum atomic E-state index is 0.376. The molecule has 0 unspecified atom stereocenters. The van der Waals surface area contributed by atoms with E-state index in [0.717, 1.165) is 10.7 Å². The van der Waals surface area contributed by atoms with Crippen LogP contribution >= 0.6 is 11.3 Å². The summed E-state index contributed by atoms with van der Waals surface area (Å²) in [6.07, 6.45) is 0. The van der Waals surface area contributed by atoms with Crippen LogP contribution < -0.4 is 5.73 Å². The minimum Gasteiger partial charge on any atom is -0.324 e. The van der Waals surface area contributed by atoms with Crippen LogP contribution in [0.15, 0.2) is 23.6 Å².